The molecule has 0 unspecified atom stereocenters. The summed E-state index contributed by atoms with van der Waals surface area (Å²) in [5.74, 6) is 0.541. The minimum absolute atomic E-state index is 0.0612. The summed E-state index contributed by atoms with van der Waals surface area (Å²) in [6.45, 7) is 1.03. The van der Waals surface area contributed by atoms with Crippen LogP contribution in [0.25, 0.3) is 0 Å². The second-order valence-corrected chi connectivity index (χ2v) is 6.16. The topological polar surface area (TPSA) is 96.9 Å². The number of hydrogen-bond acceptors (Lipinski definition) is 4. The van der Waals surface area contributed by atoms with Gasteiger partial charge in [-0.1, -0.05) is 0 Å². The van der Waals surface area contributed by atoms with Crippen molar-refractivity contribution < 1.29 is 24.2 Å². The molecule has 0 atom stereocenters. The molecule has 0 heterocycles. The molecule has 0 radical (unpaired) electrons. The predicted octanol–water partition coefficient (Wildman–Crippen LogP) is 2.41. The van der Waals surface area contributed by atoms with Gasteiger partial charge in [0, 0.05) is 12.6 Å². The third-order valence-electron chi connectivity index (χ3n) is 4.35. The molecular formula is C18H26N2O5. The molecule has 25 heavy (non-hydrogen) atoms. The lowest BCUT2D eigenvalue weighted by atomic mass is 9.86. The van der Waals surface area contributed by atoms with Crippen molar-refractivity contribution in [2.75, 3.05) is 20.3 Å². The molecule has 0 aromatic heterocycles. The van der Waals surface area contributed by atoms with Crippen LogP contribution in [0.3, 0.4) is 0 Å². The third-order valence-corrected chi connectivity index (χ3v) is 4.35. The van der Waals surface area contributed by atoms with E-state index in [-0.39, 0.29) is 18.0 Å². The van der Waals surface area contributed by atoms with Crippen LogP contribution in [0.15, 0.2) is 24.3 Å². The SMILES string of the molecule is COc1ccc(OCCCNC(=O)NC2CCC(C(=O)O)CC2)cc1. The highest BCUT2D eigenvalue weighted by Crippen LogP contribution is 2.24. The fraction of sp³-hybridized carbons (Fsp3) is 0.556. The highest BCUT2D eigenvalue weighted by molar-refractivity contribution is 5.74. The number of carbonyl (C=O) groups excluding carboxylic acids is 1. The van der Waals surface area contributed by atoms with Crippen LogP contribution in [0, 0.1) is 5.92 Å². The van der Waals surface area contributed by atoms with E-state index in [9.17, 15) is 9.59 Å². The first-order valence-corrected chi connectivity index (χ1v) is 8.62. The van der Waals surface area contributed by atoms with Crippen molar-refractivity contribution in [1.82, 2.24) is 10.6 Å². The molecule has 7 heteroatoms. The molecule has 1 aliphatic rings. The number of urea groups is 1. The third kappa shape index (κ3) is 6.52. The molecule has 1 aliphatic carbocycles. The summed E-state index contributed by atoms with van der Waals surface area (Å²) in [6.07, 6.45) is 3.37. The second-order valence-electron chi connectivity index (χ2n) is 6.16. The van der Waals surface area contributed by atoms with Gasteiger partial charge in [0.2, 0.25) is 0 Å². The van der Waals surface area contributed by atoms with Crippen molar-refractivity contribution in [3.63, 3.8) is 0 Å². The maximum Gasteiger partial charge on any atom is 0.315 e. The van der Waals surface area contributed by atoms with Gasteiger partial charge in [0.1, 0.15) is 11.5 Å². The van der Waals surface area contributed by atoms with Gasteiger partial charge in [0.25, 0.3) is 0 Å². The zero-order valence-corrected chi connectivity index (χ0v) is 14.5. The molecule has 2 rings (SSSR count). The van der Waals surface area contributed by atoms with E-state index in [1.54, 1.807) is 7.11 Å². The molecule has 0 saturated heterocycles. The number of nitrogens with one attached hydrogen (secondary N) is 2. The van der Waals surface area contributed by atoms with E-state index in [0.29, 0.717) is 45.3 Å². The zero-order chi connectivity index (χ0) is 18.1. The lowest BCUT2D eigenvalue weighted by Crippen LogP contribution is -2.44. The molecule has 138 valence electrons. The Morgan fingerprint density at radius 3 is 2.36 bits per heavy atom. The predicted molar refractivity (Wildman–Crippen MR) is 93.0 cm³/mol. The molecule has 7 nitrogen and oxygen atoms in total. The van der Waals surface area contributed by atoms with Crippen LogP contribution >= 0.6 is 0 Å². The van der Waals surface area contributed by atoms with Crippen molar-refractivity contribution in [1.29, 1.82) is 0 Å². The van der Waals surface area contributed by atoms with E-state index < -0.39 is 5.97 Å². The van der Waals surface area contributed by atoms with E-state index in [1.165, 1.54) is 0 Å². The molecule has 0 aliphatic heterocycles. The van der Waals surface area contributed by atoms with Crippen molar-refractivity contribution in [2.24, 2.45) is 5.92 Å². The van der Waals surface area contributed by atoms with Gasteiger partial charge >= 0.3 is 12.0 Å². The van der Waals surface area contributed by atoms with E-state index in [0.717, 1.165) is 11.5 Å². The smallest absolute Gasteiger partial charge is 0.315 e. The van der Waals surface area contributed by atoms with Crippen LogP contribution in [-0.2, 0) is 4.79 Å². The second kappa shape index (κ2) is 9.76. The highest BCUT2D eigenvalue weighted by atomic mass is 16.5. The number of ether oxygens (including phenoxy) is 2. The standard InChI is InChI=1S/C18H26N2O5/c1-24-15-7-9-16(10-8-15)25-12-2-11-19-18(23)20-14-5-3-13(4-6-14)17(21)22/h7-10,13-14H,2-6,11-12H2,1H3,(H,21,22)(H2,19,20,23). The first-order chi connectivity index (χ1) is 12.1. The Morgan fingerprint density at radius 2 is 1.76 bits per heavy atom. The van der Waals surface area contributed by atoms with Gasteiger partial charge < -0.3 is 25.2 Å². The van der Waals surface area contributed by atoms with Gasteiger partial charge in [-0.3, -0.25) is 4.79 Å². The normalized spacial score (nSPS) is 19.7. The lowest BCUT2D eigenvalue weighted by Gasteiger charge is -2.26. The fourth-order valence-electron chi connectivity index (χ4n) is 2.86. The molecule has 3 N–H and O–H groups in total. The van der Waals surface area contributed by atoms with Crippen LogP contribution in [0.2, 0.25) is 0 Å². The van der Waals surface area contributed by atoms with Gasteiger partial charge in [0.05, 0.1) is 19.6 Å². The summed E-state index contributed by atoms with van der Waals surface area (Å²) in [6, 6.07) is 7.20. The minimum atomic E-state index is -0.736. The molecule has 1 fully saturated rings. The number of methoxy groups -OCH3 is 1. The fourth-order valence-corrected chi connectivity index (χ4v) is 2.86. The summed E-state index contributed by atoms with van der Waals surface area (Å²) in [7, 11) is 1.62. The van der Waals surface area contributed by atoms with Crippen LogP contribution in [0.5, 0.6) is 11.5 Å². The van der Waals surface area contributed by atoms with Crippen LogP contribution in [-0.4, -0.2) is 43.4 Å². The number of hydrogen-bond donors (Lipinski definition) is 3. The number of rotatable bonds is 8. The van der Waals surface area contributed by atoms with Crippen LogP contribution in [0.4, 0.5) is 4.79 Å². The zero-order valence-electron chi connectivity index (χ0n) is 14.5. The number of carboxylic acids is 1. The Balaban J connectivity index is 1.54. The largest absolute Gasteiger partial charge is 0.497 e. The molecule has 0 bridgehead atoms. The Morgan fingerprint density at radius 1 is 1.12 bits per heavy atom. The quantitative estimate of drug-likeness (QED) is 0.626. The van der Waals surface area contributed by atoms with Gasteiger partial charge in [-0.15, -0.1) is 0 Å². The number of carbonyl (C=O) groups is 2. The maximum absolute atomic E-state index is 11.8. The van der Waals surface area contributed by atoms with E-state index in [1.807, 2.05) is 24.3 Å². The molecular weight excluding hydrogens is 324 g/mol. The Kier molecular flexibility index (Phi) is 7.37. The van der Waals surface area contributed by atoms with Crippen LogP contribution in [0.1, 0.15) is 32.1 Å². The lowest BCUT2D eigenvalue weighted by molar-refractivity contribution is -0.142. The van der Waals surface area contributed by atoms with Crippen molar-refractivity contribution in [3.05, 3.63) is 24.3 Å². The van der Waals surface area contributed by atoms with Gasteiger partial charge in [0.15, 0.2) is 0 Å². The van der Waals surface area contributed by atoms with E-state index in [2.05, 4.69) is 10.6 Å². The van der Waals surface area contributed by atoms with E-state index in [4.69, 9.17) is 14.6 Å². The maximum atomic E-state index is 11.8. The average Bonchev–Trinajstić information content (AvgIpc) is 2.62. The monoisotopic (exact) mass is 350 g/mol. The molecule has 1 aromatic carbocycles. The van der Waals surface area contributed by atoms with Crippen molar-refractivity contribution in [3.8, 4) is 11.5 Å². The number of amides is 2. The summed E-state index contributed by atoms with van der Waals surface area (Å²) in [5.41, 5.74) is 0. The van der Waals surface area contributed by atoms with Gasteiger partial charge in [-0.05, 0) is 56.4 Å². The Hall–Kier alpha value is -2.44. The summed E-state index contributed by atoms with van der Waals surface area (Å²) >= 11 is 0. The highest BCUT2D eigenvalue weighted by Gasteiger charge is 2.26. The molecule has 2 amide bonds. The molecule has 0 spiro atoms. The molecule has 1 aromatic rings. The minimum Gasteiger partial charge on any atom is -0.497 e. The van der Waals surface area contributed by atoms with Crippen molar-refractivity contribution in [2.45, 2.75) is 38.1 Å². The Labute approximate surface area is 147 Å². The first-order valence-electron chi connectivity index (χ1n) is 8.62. The average molecular weight is 350 g/mol. The summed E-state index contributed by atoms with van der Waals surface area (Å²) < 4.78 is 10.7. The van der Waals surface area contributed by atoms with Crippen molar-refractivity contribution >= 4 is 12.0 Å². The summed E-state index contributed by atoms with van der Waals surface area (Å²) in [4.78, 5) is 22.7. The number of carboxylic acid groups (broad SMARTS) is 1. The number of aliphatic carboxylic acids is 1. The molecule has 1 saturated carbocycles. The summed E-state index contributed by atoms with van der Waals surface area (Å²) in [5, 5.41) is 14.7. The number of benzene rings is 1. The van der Waals surface area contributed by atoms with Gasteiger partial charge in [-0.2, -0.15) is 0 Å². The first kappa shape index (κ1) is 18.9. The van der Waals surface area contributed by atoms with Gasteiger partial charge in [-0.25, -0.2) is 4.79 Å². The Bertz CT molecular complexity index is 553. The van der Waals surface area contributed by atoms with Crippen LogP contribution < -0.4 is 20.1 Å². The van der Waals surface area contributed by atoms with E-state index >= 15 is 0 Å².